The highest BCUT2D eigenvalue weighted by Gasteiger charge is 1.99. The van der Waals surface area contributed by atoms with Crippen LogP contribution in [-0.4, -0.2) is 24.3 Å². The second-order valence-corrected chi connectivity index (χ2v) is 3.73. The molecule has 0 bridgehead atoms. The molecule has 3 heteroatoms. The van der Waals surface area contributed by atoms with E-state index in [4.69, 9.17) is 5.11 Å². The van der Waals surface area contributed by atoms with Gasteiger partial charge in [-0.2, -0.15) is 0 Å². The monoisotopic (exact) mass is 202 g/mol. The van der Waals surface area contributed by atoms with Crippen molar-refractivity contribution in [3.63, 3.8) is 0 Å². The maximum atomic E-state index is 10.7. The van der Waals surface area contributed by atoms with E-state index in [9.17, 15) is 4.79 Å². The second kappa shape index (κ2) is 9.00. The van der Waals surface area contributed by atoms with E-state index in [-0.39, 0.29) is 12.1 Å². The van der Waals surface area contributed by atoms with Crippen molar-refractivity contribution in [2.75, 3.05) is 7.11 Å². The van der Waals surface area contributed by atoms with Gasteiger partial charge < -0.3 is 9.84 Å². The Kier molecular flexibility index (Phi) is 8.64. The minimum absolute atomic E-state index is 0.117. The van der Waals surface area contributed by atoms with Crippen molar-refractivity contribution in [2.45, 2.75) is 58.0 Å². The molecule has 0 spiro atoms. The average Bonchev–Trinajstić information content (AvgIpc) is 2.15. The van der Waals surface area contributed by atoms with Crippen molar-refractivity contribution in [3.8, 4) is 0 Å². The quantitative estimate of drug-likeness (QED) is 0.485. The van der Waals surface area contributed by atoms with E-state index in [2.05, 4.69) is 4.74 Å². The summed E-state index contributed by atoms with van der Waals surface area (Å²) < 4.78 is 4.54. The Bertz CT molecular complexity index is 143. The minimum atomic E-state index is -0.176. The number of rotatable bonds is 8. The highest BCUT2D eigenvalue weighted by atomic mass is 16.5. The first kappa shape index (κ1) is 13.4. The van der Waals surface area contributed by atoms with Gasteiger partial charge in [0.25, 0.3) is 0 Å². The van der Waals surface area contributed by atoms with Crippen LogP contribution in [0.2, 0.25) is 0 Å². The maximum absolute atomic E-state index is 10.7. The third-order valence-corrected chi connectivity index (χ3v) is 2.23. The molecule has 0 aromatic carbocycles. The average molecular weight is 202 g/mol. The number of aliphatic hydroxyl groups is 1. The van der Waals surface area contributed by atoms with Crippen molar-refractivity contribution in [2.24, 2.45) is 0 Å². The molecule has 0 aliphatic carbocycles. The Balaban J connectivity index is 3.03. The third kappa shape index (κ3) is 9.52. The van der Waals surface area contributed by atoms with E-state index < -0.39 is 0 Å². The van der Waals surface area contributed by atoms with E-state index >= 15 is 0 Å². The Morgan fingerprint density at radius 2 is 1.79 bits per heavy atom. The molecule has 3 nitrogen and oxygen atoms in total. The van der Waals surface area contributed by atoms with E-state index in [0.717, 1.165) is 38.5 Å². The van der Waals surface area contributed by atoms with Crippen LogP contribution in [0.25, 0.3) is 0 Å². The molecule has 0 radical (unpaired) electrons. The van der Waals surface area contributed by atoms with Gasteiger partial charge in [0.05, 0.1) is 13.2 Å². The number of carbonyl (C=O) groups is 1. The molecule has 0 aromatic heterocycles. The summed E-state index contributed by atoms with van der Waals surface area (Å²) >= 11 is 0. The molecule has 0 aliphatic heterocycles. The molecule has 0 rings (SSSR count). The molecule has 1 N–H and O–H groups in total. The number of ether oxygens (including phenoxy) is 1. The molecule has 1 atom stereocenters. The first-order valence-corrected chi connectivity index (χ1v) is 5.41. The van der Waals surface area contributed by atoms with Crippen molar-refractivity contribution in [1.29, 1.82) is 0 Å². The largest absolute Gasteiger partial charge is 0.469 e. The fraction of sp³-hybridized carbons (Fsp3) is 0.909. The molecule has 0 aliphatic rings. The summed E-state index contributed by atoms with van der Waals surface area (Å²) in [5, 5.41) is 9.00. The lowest BCUT2D eigenvalue weighted by molar-refractivity contribution is -0.140. The topological polar surface area (TPSA) is 46.5 Å². The highest BCUT2D eigenvalue weighted by Crippen LogP contribution is 2.08. The van der Waals surface area contributed by atoms with Crippen LogP contribution in [0.15, 0.2) is 0 Å². The van der Waals surface area contributed by atoms with Crippen molar-refractivity contribution in [3.05, 3.63) is 0 Å². The molecular weight excluding hydrogens is 180 g/mol. The third-order valence-electron chi connectivity index (χ3n) is 2.23. The van der Waals surface area contributed by atoms with E-state index in [1.54, 1.807) is 0 Å². The molecule has 0 fully saturated rings. The van der Waals surface area contributed by atoms with Crippen LogP contribution in [0.3, 0.4) is 0 Å². The zero-order valence-corrected chi connectivity index (χ0v) is 9.29. The second-order valence-electron chi connectivity index (χ2n) is 3.73. The van der Waals surface area contributed by atoms with Gasteiger partial charge in [-0.1, -0.05) is 25.7 Å². The molecule has 0 amide bonds. The van der Waals surface area contributed by atoms with Gasteiger partial charge in [-0.15, -0.1) is 0 Å². The van der Waals surface area contributed by atoms with E-state index in [0.29, 0.717) is 6.42 Å². The van der Waals surface area contributed by atoms with Gasteiger partial charge in [0, 0.05) is 6.42 Å². The van der Waals surface area contributed by atoms with Gasteiger partial charge >= 0.3 is 5.97 Å². The lowest BCUT2D eigenvalue weighted by Crippen LogP contribution is -2.00. The molecular formula is C11H22O3. The van der Waals surface area contributed by atoms with Crippen LogP contribution in [0.4, 0.5) is 0 Å². The number of esters is 1. The summed E-state index contributed by atoms with van der Waals surface area (Å²) in [6, 6.07) is 0. The summed E-state index contributed by atoms with van der Waals surface area (Å²) in [4.78, 5) is 10.7. The standard InChI is InChI=1S/C11H22O3/c1-10(12)8-6-4-3-5-7-9-11(13)14-2/h10,12H,3-9H2,1-2H3. The number of unbranched alkanes of at least 4 members (excludes halogenated alkanes) is 4. The van der Waals surface area contributed by atoms with E-state index in [1.807, 2.05) is 6.92 Å². The Morgan fingerprint density at radius 3 is 2.36 bits per heavy atom. The Morgan fingerprint density at radius 1 is 1.21 bits per heavy atom. The molecule has 0 heterocycles. The number of aliphatic hydroxyl groups excluding tert-OH is 1. The Hall–Kier alpha value is -0.570. The van der Waals surface area contributed by atoms with Crippen LogP contribution in [0.5, 0.6) is 0 Å². The van der Waals surface area contributed by atoms with Crippen molar-refractivity contribution >= 4 is 5.97 Å². The molecule has 14 heavy (non-hydrogen) atoms. The summed E-state index contributed by atoms with van der Waals surface area (Å²) in [7, 11) is 1.42. The summed E-state index contributed by atoms with van der Waals surface area (Å²) in [5.41, 5.74) is 0. The van der Waals surface area contributed by atoms with Gasteiger partial charge in [0.1, 0.15) is 0 Å². The zero-order chi connectivity index (χ0) is 10.8. The highest BCUT2D eigenvalue weighted by molar-refractivity contribution is 5.68. The summed E-state index contributed by atoms with van der Waals surface area (Å²) in [6.45, 7) is 1.82. The normalized spacial score (nSPS) is 12.5. The number of methoxy groups -OCH3 is 1. The summed E-state index contributed by atoms with van der Waals surface area (Å²) in [6.07, 6.45) is 6.61. The van der Waals surface area contributed by atoms with Crippen molar-refractivity contribution in [1.82, 2.24) is 0 Å². The predicted molar refractivity (Wildman–Crippen MR) is 56.0 cm³/mol. The first-order valence-electron chi connectivity index (χ1n) is 5.41. The lowest BCUT2D eigenvalue weighted by atomic mass is 10.1. The molecule has 1 unspecified atom stereocenters. The Labute approximate surface area is 86.5 Å². The lowest BCUT2D eigenvalue weighted by Gasteiger charge is -2.03. The van der Waals surface area contributed by atoms with Crippen LogP contribution in [0.1, 0.15) is 51.9 Å². The maximum Gasteiger partial charge on any atom is 0.305 e. The molecule has 0 aromatic rings. The van der Waals surface area contributed by atoms with Gasteiger partial charge in [-0.05, 0) is 19.8 Å². The van der Waals surface area contributed by atoms with Gasteiger partial charge in [0.2, 0.25) is 0 Å². The minimum Gasteiger partial charge on any atom is -0.469 e. The van der Waals surface area contributed by atoms with Gasteiger partial charge in [0.15, 0.2) is 0 Å². The molecule has 84 valence electrons. The fourth-order valence-corrected chi connectivity index (χ4v) is 1.34. The van der Waals surface area contributed by atoms with Crippen LogP contribution in [-0.2, 0) is 9.53 Å². The van der Waals surface area contributed by atoms with E-state index in [1.165, 1.54) is 7.11 Å². The summed E-state index contributed by atoms with van der Waals surface area (Å²) in [5.74, 6) is -0.117. The molecule has 0 saturated heterocycles. The zero-order valence-electron chi connectivity index (χ0n) is 9.29. The molecule has 0 saturated carbocycles. The predicted octanol–water partition coefficient (Wildman–Crippen LogP) is 2.27. The van der Waals surface area contributed by atoms with Gasteiger partial charge in [-0.3, -0.25) is 4.79 Å². The first-order chi connectivity index (χ1) is 6.66. The van der Waals surface area contributed by atoms with Crippen LogP contribution < -0.4 is 0 Å². The van der Waals surface area contributed by atoms with Gasteiger partial charge in [-0.25, -0.2) is 0 Å². The smallest absolute Gasteiger partial charge is 0.305 e. The van der Waals surface area contributed by atoms with Crippen molar-refractivity contribution < 1.29 is 14.6 Å². The fourth-order valence-electron chi connectivity index (χ4n) is 1.34. The van der Waals surface area contributed by atoms with Crippen LogP contribution >= 0.6 is 0 Å². The SMILES string of the molecule is COC(=O)CCCCCCCC(C)O. The number of hydrogen-bond acceptors (Lipinski definition) is 3. The number of hydrogen-bond donors (Lipinski definition) is 1. The number of carbonyl (C=O) groups excluding carboxylic acids is 1. The van der Waals surface area contributed by atoms with Crippen LogP contribution in [0, 0.1) is 0 Å².